The number of benzene rings is 1. The van der Waals surface area contributed by atoms with Crippen LogP contribution in [0.25, 0.3) is 0 Å². The number of rotatable bonds is 2. The first-order valence-corrected chi connectivity index (χ1v) is 4.97. The predicted octanol–water partition coefficient (Wildman–Crippen LogP) is 1.10. The van der Waals surface area contributed by atoms with Crippen LogP contribution in [0.15, 0.2) is 18.2 Å². The second-order valence-corrected chi connectivity index (χ2v) is 3.86. The zero-order valence-electron chi connectivity index (χ0n) is 8.40. The summed E-state index contributed by atoms with van der Waals surface area (Å²) in [4.78, 5) is 2.25. The number of hydrogen-bond donors (Lipinski definition) is 2. The van der Waals surface area contributed by atoms with Gasteiger partial charge in [0.1, 0.15) is 5.75 Å². The Morgan fingerprint density at radius 3 is 3.07 bits per heavy atom. The molecule has 0 fully saturated rings. The molecule has 1 atom stereocenters. The van der Waals surface area contributed by atoms with Gasteiger partial charge < -0.3 is 15.7 Å². The van der Waals surface area contributed by atoms with Crippen LogP contribution < -0.4 is 10.6 Å². The Balaban J connectivity index is 2.26. The lowest BCUT2D eigenvalue weighted by Gasteiger charge is -2.21. The second-order valence-electron chi connectivity index (χ2n) is 3.86. The van der Waals surface area contributed by atoms with Crippen molar-refractivity contribution in [3.05, 3.63) is 23.8 Å². The summed E-state index contributed by atoms with van der Waals surface area (Å²) >= 11 is 0. The van der Waals surface area contributed by atoms with E-state index in [1.807, 2.05) is 12.1 Å². The van der Waals surface area contributed by atoms with E-state index in [0.717, 1.165) is 19.4 Å². The van der Waals surface area contributed by atoms with E-state index >= 15 is 0 Å². The fourth-order valence-corrected chi connectivity index (χ4v) is 2.16. The lowest BCUT2D eigenvalue weighted by atomic mass is 10.1. The van der Waals surface area contributed by atoms with Gasteiger partial charge in [0.25, 0.3) is 0 Å². The van der Waals surface area contributed by atoms with Crippen molar-refractivity contribution in [2.24, 2.45) is 5.73 Å². The molecule has 0 saturated heterocycles. The topological polar surface area (TPSA) is 49.5 Å². The highest BCUT2D eigenvalue weighted by atomic mass is 16.3. The zero-order valence-corrected chi connectivity index (χ0v) is 8.40. The molecular formula is C11H16N2O. The van der Waals surface area contributed by atoms with E-state index in [-0.39, 0.29) is 0 Å². The third kappa shape index (κ3) is 1.44. The molecule has 2 rings (SSSR count). The molecule has 0 bridgehead atoms. The molecule has 1 unspecified atom stereocenters. The predicted molar refractivity (Wildman–Crippen MR) is 57.7 cm³/mol. The normalized spacial score (nSPS) is 19.9. The summed E-state index contributed by atoms with van der Waals surface area (Å²) in [6, 6.07) is 6.06. The van der Waals surface area contributed by atoms with E-state index in [9.17, 15) is 5.11 Å². The first-order valence-electron chi connectivity index (χ1n) is 4.97. The Hall–Kier alpha value is -1.22. The zero-order chi connectivity index (χ0) is 10.1. The average molecular weight is 192 g/mol. The highest BCUT2D eigenvalue weighted by molar-refractivity contribution is 5.60. The fraction of sp³-hybridized carbons (Fsp3) is 0.455. The smallest absolute Gasteiger partial charge is 0.116 e. The van der Waals surface area contributed by atoms with Crippen LogP contribution in [0.1, 0.15) is 12.0 Å². The number of fused-ring (bicyclic) bond motifs is 1. The van der Waals surface area contributed by atoms with Gasteiger partial charge in [-0.15, -0.1) is 0 Å². The Morgan fingerprint density at radius 1 is 1.57 bits per heavy atom. The summed E-state index contributed by atoms with van der Waals surface area (Å²) < 4.78 is 0. The van der Waals surface area contributed by atoms with E-state index in [4.69, 9.17) is 5.73 Å². The van der Waals surface area contributed by atoms with Crippen molar-refractivity contribution >= 4 is 5.69 Å². The first kappa shape index (κ1) is 9.34. The van der Waals surface area contributed by atoms with E-state index in [1.165, 1.54) is 11.3 Å². The summed E-state index contributed by atoms with van der Waals surface area (Å²) in [5.41, 5.74) is 8.01. The molecule has 0 spiro atoms. The van der Waals surface area contributed by atoms with Gasteiger partial charge in [-0.3, -0.25) is 0 Å². The van der Waals surface area contributed by atoms with Crippen molar-refractivity contribution in [1.29, 1.82) is 0 Å². The van der Waals surface area contributed by atoms with Gasteiger partial charge in [-0.25, -0.2) is 0 Å². The molecule has 0 saturated carbocycles. The fourth-order valence-electron chi connectivity index (χ4n) is 2.16. The number of aromatic hydroxyl groups is 1. The van der Waals surface area contributed by atoms with Crippen LogP contribution >= 0.6 is 0 Å². The molecule has 1 aromatic rings. The molecule has 14 heavy (non-hydrogen) atoms. The van der Waals surface area contributed by atoms with E-state index in [1.54, 1.807) is 6.07 Å². The highest BCUT2D eigenvalue weighted by Gasteiger charge is 2.25. The summed E-state index contributed by atoms with van der Waals surface area (Å²) in [6.45, 7) is 0.717. The van der Waals surface area contributed by atoms with Gasteiger partial charge in [0.15, 0.2) is 0 Å². The molecule has 1 aliphatic heterocycles. The number of phenolic OH excluding ortho intramolecular Hbond substituents is 1. The van der Waals surface area contributed by atoms with Crippen LogP contribution in [-0.2, 0) is 6.42 Å². The Morgan fingerprint density at radius 2 is 2.36 bits per heavy atom. The minimum atomic E-state index is 0.352. The van der Waals surface area contributed by atoms with Crippen molar-refractivity contribution in [2.75, 3.05) is 18.5 Å². The van der Waals surface area contributed by atoms with Gasteiger partial charge >= 0.3 is 0 Å². The quantitative estimate of drug-likeness (QED) is 0.737. The maximum absolute atomic E-state index is 9.36. The molecule has 0 aliphatic carbocycles. The number of likely N-dealkylation sites (N-methyl/N-ethyl adjacent to an activating group) is 1. The van der Waals surface area contributed by atoms with Crippen molar-refractivity contribution in [1.82, 2.24) is 0 Å². The van der Waals surface area contributed by atoms with Crippen molar-refractivity contribution in [3.63, 3.8) is 0 Å². The van der Waals surface area contributed by atoms with Crippen molar-refractivity contribution in [2.45, 2.75) is 18.9 Å². The van der Waals surface area contributed by atoms with Gasteiger partial charge in [-0.1, -0.05) is 0 Å². The van der Waals surface area contributed by atoms with Crippen LogP contribution in [0.3, 0.4) is 0 Å². The van der Waals surface area contributed by atoms with Gasteiger partial charge in [-0.05, 0) is 43.1 Å². The Kier molecular flexibility index (Phi) is 2.33. The molecule has 1 aliphatic rings. The number of nitrogens with zero attached hydrogens (tertiary/aromatic N) is 1. The molecular weight excluding hydrogens is 176 g/mol. The molecule has 76 valence electrons. The number of hydrogen-bond acceptors (Lipinski definition) is 3. The lowest BCUT2D eigenvalue weighted by Crippen LogP contribution is -2.29. The lowest BCUT2D eigenvalue weighted by molar-refractivity contribution is 0.475. The number of phenols is 1. The van der Waals surface area contributed by atoms with Gasteiger partial charge in [0.2, 0.25) is 0 Å². The summed E-state index contributed by atoms with van der Waals surface area (Å²) in [5.74, 6) is 0.352. The molecule has 0 aromatic heterocycles. The molecule has 1 aromatic carbocycles. The Labute approximate surface area is 84.1 Å². The van der Waals surface area contributed by atoms with Crippen LogP contribution in [0, 0.1) is 0 Å². The maximum Gasteiger partial charge on any atom is 0.116 e. The largest absolute Gasteiger partial charge is 0.508 e. The maximum atomic E-state index is 9.36. The molecule has 0 radical (unpaired) electrons. The van der Waals surface area contributed by atoms with Crippen LogP contribution in [-0.4, -0.2) is 24.7 Å². The van der Waals surface area contributed by atoms with Crippen molar-refractivity contribution < 1.29 is 5.11 Å². The number of anilines is 1. The van der Waals surface area contributed by atoms with Crippen LogP contribution in [0.2, 0.25) is 0 Å². The molecule has 1 heterocycles. The Bertz CT molecular complexity index is 338. The monoisotopic (exact) mass is 192 g/mol. The molecule has 3 nitrogen and oxygen atoms in total. The second kappa shape index (κ2) is 3.50. The van der Waals surface area contributed by atoms with Crippen LogP contribution in [0.4, 0.5) is 5.69 Å². The average Bonchev–Trinajstić information content (AvgIpc) is 2.44. The van der Waals surface area contributed by atoms with E-state index in [0.29, 0.717) is 11.8 Å². The minimum Gasteiger partial charge on any atom is -0.508 e. The van der Waals surface area contributed by atoms with Crippen LogP contribution in [0.5, 0.6) is 5.75 Å². The third-order valence-electron chi connectivity index (χ3n) is 2.95. The highest BCUT2D eigenvalue weighted by Crippen LogP contribution is 2.34. The van der Waals surface area contributed by atoms with Gasteiger partial charge in [0, 0.05) is 18.8 Å². The van der Waals surface area contributed by atoms with Gasteiger partial charge in [0.05, 0.1) is 0 Å². The first-order chi connectivity index (χ1) is 6.72. The summed E-state index contributed by atoms with van der Waals surface area (Å²) in [7, 11) is 2.09. The minimum absolute atomic E-state index is 0.352. The summed E-state index contributed by atoms with van der Waals surface area (Å²) in [5, 5.41) is 9.36. The number of nitrogens with two attached hydrogens (primary N) is 1. The van der Waals surface area contributed by atoms with E-state index < -0.39 is 0 Å². The SMILES string of the molecule is CN1c2ccc(O)cc2CC1CCN. The third-order valence-corrected chi connectivity index (χ3v) is 2.95. The van der Waals surface area contributed by atoms with E-state index in [2.05, 4.69) is 11.9 Å². The summed E-state index contributed by atoms with van der Waals surface area (Å²) in [6.07, 6.45) is 2.00. The van der Waals surface area contributed by atoms with Crippen molar-refractivity contribution in [3.8, 4) is 5.75 Å². The standard InChI is InChI=1S/C11H16N2O/c1-13-9(4-5-12)6-8-7-10(14)2-3-11(8)13/h2-3,7,9,14H,4-6,12H2,1H3. The molecule has 3 heteroatoms. The molecule has 0 amide bonds. The van der Waals surface area contributed by atoms with Gasteiger partial charge in [-0.2, -0.15) is 0 Å². The molecule has 3 N–H and O–H groups in total.